The number of para-hydroxylation sites is 1. The molecule has 0 radical (unpaired) electrons. The minimum atomic E-state index is -0.794. The summed E-state index contributed by atoms with van der Waals surface area (Å²) in [5.41, 5.74) is 0.488. The first-order valence-electron chi connectivity index (χ1n) is 8.20. The maximum Gasteiger partial charge on any atom is 0.349 e. The van der Waals surface area contributed by atoms with Crippen molar-refractivity contribution >= 4 is 22.8 Å². The number of carbonyl (C=O) groups is 2. The monoisotopic (exact) mass is 350 g/mol. The van der Waals surface area contributed by atoms with Crippen LogP contribution in [0.2, 0.25) is 0 Å². The molecule has 3 rings (SSSR count). The van der Waals surface area contributed by atoms with Crippen molar-refractivity contribution in [3.8, 4) is 0 Å². The smallest absolute Gasteiger partial charge is 0.349 e. The largest absolute Gasteiger partial charge is 0.422 e. The molecule has 0 saturated heterocycles. The average Bonchev–Trinajstić information content (AvgIpc) is 2.66. The van der Waals surface area contributed by atoms with Gasteiger partial charge >= 0.3 is 5.63 Å². The van der Waals surface area contributed by atoms with Gasteiger partial charge in [0.2, 0.25) is 5.91 Å². The average molecular weight is 350 g/mol. The van der Waals surface area contributed by atoms with Crippen molar-refractivity contribution in [3.63, 3.8) is 0 Å². The third kappa shape index (κ3) is 3.97. The Labute approximate surface area is 149 Å². The molecule has 6 heteroatoms. The highest BCUT2D eigenvalue weighted by Gasteiger charge is 2.19. The molecule has 26 heavy (non-hydrogen) atoms. The van der Waals surface area contributed by atoms with Crippen LogP contribution in [-0.2, 0) is 11.3 Å². The van der Waals surface area contributed by atoms with E-state index in [1.807, 2.05) is 30.3 Å². The van der Waals surface area contributed by atoms with Gasteiger partial charge in [-0.05, 0) is 24.6 Å². The number of benzene rings is 2. The Bertz CT molecular complexity index is 995. The minimum absolute atomic E-state index is 0.133. The van der Waals surface area contributed by atoms with Crippen molar-refractivity contribution in [1.29, 1.82) is 0 Å². The molecule has 0 unspecified atom stereocenters. The second kappa shape index (κ2) is 7.65. The quantitative estimate of drug-likeness (QED) is 0.691. The lowest BCUT2D eigenvalue weighted by molar-refractivity contribution is -0.122. The molecule has 3 aromatic rings. The standard InChI is InChI=1S/C20H18N2O4/c1-13(18(23)21-12-14-7-3-2-4-8-14)22-19(24)16-11-15-9-5-6-10-17(15)26-20(16)25/h2-11,13H,12H2,1H3,(H,21,23)(H,22,24)/t13-/m1/s1. The summed E-state index contributed by atoms with van der Waals surface area (Å²) in [6, 6.07) is 17.0. The lowest BCUT2D eigenvalue weighted by Crippen LogP contribution is -2.45. The van der Waals surface area contributed by atoms with E-state index in [4.69, 9.17) is 4.42 Å². The van der Waals surface area contributed by atoms with E-state index < -0.39 is 17.6 Å². The fourth-order valence-electron chi connectivity index (χ4n) is 2.50. The zero-order valence-corrected chi connectivity index (χ0v) is 14.2. The van der Waals surface area contributed by atoms with Gasteiger partial charge in [0, 0.05) is 11.9 Å². The Balaban J connectivity index is 1.66. The van der Waals surface area contributed by atoms with Gasteiger partial charge in [-0.1, -0.05) is 48.5 Å². The Morgan fingerprint density at radius 1 is 1.04 bits per heavy atom. The predicted molar refractivity (Wildman–Crippen MR) is 97.7 cm³/mol. The Kier molecular flexibility index (Phi) is 5.12. The van der Waals surface area contributed by atoms with E-state index in [9.17, 15) is 14.4 Å². The van der Waals surface area contributed by atoms with Crippen molar-refractivity contribution in [2.24, 2.45) is 0 Å². The van der Waals surface area contributed by atoms with E-state index in [0.29, 0.717) is 17.5 Å². The Hall–Kier alpha value is -3.41. The molecule has 6 nitrogen and oxygen atoms in total. The number of hydrogen-bond acceptors (Lipinski definition) is 4. The molecule has 0 aliphatic carbocycles. The highest BCUT2D eigenvalue weighted by Crippen LogP contribution is 2.12. The highest BCUT2D eigenvalue weighted by molar-refractivity contribution is 5.99. The van der Waals surface area contributed by atoms with E-state index in [-0.39, 0.29) is 11.5 Å². The summed E-state index contributed by atoms with van der Waals surface area (Å²) in [6.45, 7) is 1.92. The summed E-state index contributed by atoms with van der Waals surface area (Å²) < 4.78 is 5.14. The minimum Gasteiger partial charge on any atom is -0.422 e. The summed E-state index contributed by atoms with van der Waals surface area (Å²) in [6.07, 6.45) is 0. The molecule has 2 amide bonds. The van der Waals surface area contributed by atoms with Gasteiger partial charge in [-0.3, -0.25) is 9.59 Å². The van der Waals surface area contributed by atoms with E-state index in [1.165, 1.54) is 6.07 Å². The number of rotatable bonds is 5. The lowest BCUT2D eigenvalue weighted by atomic mass is 10.1. The van der Waals surface area contributed by atoms with Crippen LogP contribution in [0.4, 0.5) is 0 Å². The van der Waals surface area contributed by atoms with Crippen LogP contribution in [0.25, 0.3) is 11.0 Å². The van der Waals surface area contributed by atoms with Gasteiger partial charge in [0.15, 0.2) is 0 Å². The normalized spacial score (nSPS) is 11.7. The molecular weight excluding hydrogens is 332 g/mol. The maximum absolute atomic E-state index is 12.3. The van der Waals surface area contributed by atoms with Crippen LogP contribution >= 0.6 is 0 Å². The second-order valence-electron chi connectivity index (χ2n) is 5.88. The number of nitrogens with one attached hydrogen (secondary N) is 2. The van der Waals surface area contributed by atoms with Gasteiger partial charge < -0.3 is 15.1 Å². The molecule has 0 saturated carbocycles. The van der Waals surface area contributed by atoms with Crippen molar-refractivity contribution in [2.75, 3.05) is 0 Å². The summed E-state index contributed by atoms with van der Waals surface area (Å²) >= 11 is 0. The van der Waals surface area contributed by atoms with Crippen molar-refractivity contribution in [1.82, 2.24) is 10.6 Å². The summed E-state index contributed by atoms with van der Waals surface area (Å²) in [5, 5.41) is 5.91. The van der Waals surface area contributed by atoms with Crippen LogP contribution < -0.4 is 16.3 Å². The second-order valence-corrected chi connectivity index (χ2v) is 5.88. The zero-order valence-electron chi connectivity index (χ0n) is 14.2. The van der Waals surface area contributed by atoms with Crippen molar-refractivity contribution in [3.05, 3.63) is 82.2 Å². The van der Waals surface area contributed by atoms with Gasteiger partial charge in [0.25, 0.3) is 5.91 Å². The summed E-state index contributed by atoms with van der Waals surface area (Å²) in [4.78, 5) is 36.5. The molecule has 132 valence electrons. The zero-order chi connectivity index (χ0) is 18.5. The van der Waals surface area contributed by atoms with Gasteiger partial charge in [0.1, 0.15) is 17.2 Å². The fraction of sp³-hybridized carbons (Fsp3) is 0.150. The van der Waals surface area contributed by atoms with Gasteiger partial charge in [-0.15, -0.1) is 0 Å². The molecule has 0 spiro atoms. The third-order valence-corrected chi connectivity index (χ3v) is 3.94. The Morgan fingerprint density at radius 2 is 1.73 bits per heavy atom. The Morgan fingerprint density at radius 3 is 2.50 bits per heavy atom. The first kappa shape index (κ1) is 17.4. The van der Waals surface area contributed by atoms with Crippen LogP contribution in [0, 0.1) is 0 Å². The molecule has 1 aromatic heterocycles. The first-order valence-corrected chi connectivity index (χ1v) is 8.20. The highest BCUT2D eigenvalue weighted by atomic mass is 16.4. The number of amides is 2. The van der Waals surface area contributed by atoms with Crippen LogP contribution in [0.1, 0.15) is 22.8 Å². The first-order chi connectivity index (χ1) is 12.5. The number of hydrogen-bond donors (Lipinski definition) is 2. The lowest BCUT2D eigenvalue weighted by Gasteiger charge is -2.14. The molecule has 2 N–H and O–H groups in total. The molecule has 2 aromatic carbocycles. The maximum atomic E-state index is 12.3. The van der Waals surface area contributed by atoms with Crippen molar-refractivity contribution in [2.45, 2.75) is 19.5 Å². The number of carbonyl (C=O) groups excluding carboxylic acids is 2. The van der Waals surface area contributed by atoms with E-state index in [0.717, 1.165) is 5.56 Å². The van der Waals surface area contributed by atoms with E-state index in [1.54, 1.807) is 31.2 Å². The number of fused-ring (bicyclic) bond motifs is 1. The molecule has 1 heterocycles. The molecule has 1 atom stereocenters. The van der Waals surface area contributed by atoms with Crippen LogP contribution in [0.5, 0.6) is 0 Å². The van der Waals surface area contributed by atoms with Crippen LogP contribution in [0.3, 0.4) is 0 Å². The van der Waals surface area contributed by atoms with E-state index >= 15 is 0 Å². The molecule has 0 aliphatic rings. The molecule has 0 aliphatic heterocycles. The molecule has 0 bridgehead atoms. The van der Waals surface area contributed by atoms with Crippen LogP contribution in [-0.4, -0.2) is 17.9 Å². The molecule has 0 fully saturated rings. The topological polar surface area (TPSA) is 88.4 Å². The fourth-order valence-corrected chi connectivity index (χ4v) is 2.50. The predicted octanol–water partition coefficient (Wildman–Crippen LogP) is 2.23. The summed E-state index contributed by atoms with van der Waals surface area (Å²) in [7, 11) is 0. The van der Waals surface area contributed by atoms with E-state index in [2.05, 4.69) is 10.6 Å². The van der Waals surface area contributed by atoms with Crippen LogP contribution in [0.15, 0.2) is 69.9 Å². The SMILES string of the molecule is C[C@@H](NC(=O)c1cc2ccccc2oc1=O)C(=O)NCc1ccccc1. The third-order valence-electron chi connectivity index (χ3n) is 3.94. The van der Waals surface area contributed by atoms with Gasteiger partial charge in [-0.2, -0.15) is 0 Å². The summed E-state index contributed by atoms with van der Waals surface area (Å²) in [5.74, 6) is -0.987. The van der Waals surface area contributed by atoms with Crippen molar-refractivity contribution < 1.29 is 14.0 Å². The van der Waals surface area contributed by atoms with Gasteiger partial charge in [0.05, 0.1) is 0 Å². The van der Waals surface area contributed by atoms with Gasteiger partial charge in [-0.25, -0.2) is 4.79 Å². The molecular formula is C20H18N2O4.